The Morgan fingerprint density at radius 2 is 2.29 bits per heavy atom. The fourth-order valence-electron chi connectivity index (χ4n) is 2.05. The second kappa shape index (κ2) is 5.06. The lowest BCUT2D eigenvalue weighted by Crippen LogP contribution is -2.53. The Bertz CT molecular complexity index is 416. The van der Waals surface area contributed by atoms with Gasteiger partial charge >= 0.3 is 0 Å². The molecule has 0 aliphatic carbocycles. The summed E-state index contributed by atoms with van der Waals surface area (Å²) in [7, 11) is 0. The molecular weight excluding hydrogens is 282 g/mol. The summed E-state index contributed by atoms with van der Waals surface area (Å²) in [5.74, 6) is 0.0965. The summed E-state index contributed by atoms with van der Waals surface area (Å²) in [6.07, 6.45) is 0. The van der Waals surface area contributed by atoms with Gasteiger partial charge in [0.05, 0.1) is 6.04 Å². The van der Waals surface area contributed by atoms with Crippen LogP contribution in [-0.4, -0.2) is 29.9 Å². The van der Waals surface area contributed by atoms with E-state index in [4.69, 9.17) is 5.73 Å². The maximum Gasteiger partial charge on any atom is 0.237 e. The molecule has 4 nitrogen and oxygen atoms in total. The Morgan fingerprint density at radius 1 is 1.53 bits per heavy atom. The predicted octanol–water partition coefficient (Wildman–Crippen LogP) is 1.35. The third-order valence-electron chi connectivity index (χ3n) is 2.99. The number of hydrogen-bond donors (Lipinski definition) is 2. The number of nitrogen functional groups attached to an aromatic ring is 1. The van der Waals surface area contributed by atoms with E-state index in [1.54, 1.807) is 0 Å². The summed E-state index contributed by atoms with van der Waals surface area (Å²) in [6.45, 7) is 4.26. The van der Waals surface area contributed by atoms with Gasteiger partial charge in [-0.05, 0) is 30.7 Å². The molecule has 1 unspecified atom stereocenters. The van der Waals surface area contributed by atoms with Crippen molar-refractivity contribution in [3.05, 3.63) is 28.2 Å². The first-order valence-electron chi connectivity index (χ1n) is 5.63. The van der Waals surface area contributed by atoms with Crippen molar-refractivity contribution in [2.24, 2.45) is 0 Å². The van der Waals surface area contributed by atoms with Crippen molar-refractivity contribution in [2.75, 3.05) is 18.8 Å². The van der Waals surface area contributed by atoms with Gasteiger partial charge in [-0.15, -0.1) is 0 Å². The van der Waals surface area contributed by atoms with Crippen LogP contribution in [0.4, 0.5) is 5.69 Å². The van der Waals surface area contributed by atoms with E-state index in [1.165, 1.54) is 0 Å². The van der Waals surface area contributed by atoms with Crippen LogP contribution < -0.4 is 11.1 Å². The topological polar surface area (TPSA) is 58.4 Å². The lowest BCUT2D eigenvalue weighted by Gasteiger charge is -2.32. The number of nitrogens with one attached hydrogen (secondary N) is 1. The number of carbonyl (C=O) groups excluding carboxylic acids is 1. The second-order valence-corrected chi connectivity index (χ2v) is 5.25. The molecule has 92 valence electrons. The molecule has 1 aliphatic rings. The van der Waals surface area contributed by atoms with Crippen LogP contribution in [0.1, 0.15) is 12.5 Å². The number of benzene rings is 1. The van der Waals surface area contributed by atoms with Crippen LogP contribution in [0.5, 0.6) is 0 Å². The number of anilines is 1. The van der Waals surface area contributed by atoms with Gasteiger partial charge in [-0.3, -0.25) is 9.69 Å². The zero-order valence-corrected chi connectivity index (χ0v) is 11.3. The summed E-state index contributed by atoms with van der Waals surface area (Å²) < 4.78 is 0.974. The maximum atomic E-state index is 11.5. The van der Waals surface area contributed by atoms with Crippen LogP contribution in [0.15, 0.2) is 22.7 Å². The normalized spacial score (nSPS) is 21.3. The van der Waals surface area contributed by atoms with Gasteiger partial charge in [-0.2, -0.15) is 0 Å². The summed E-state index contributed by atoms with van der Waals surface area (Å²) in [6, 6.07) is 5.78. The second-order valence-electron chi connectivity index (χ2n) is 4.33. The number of nitrogens with two attached hydrogens (primary N) is 1. The van der Waals surface area contributed by atoms with Crippen LogP contribution >= 0.6 is 15.9 Å². The molecule has 0 aromatic heterocycles. The minimum Gasteiger partial charge on any atom is -0.399 e. The third kappa shape index (κ3) is 2.98. The van der Waals surface area contributed by atoms with Gasteiger partial charge in [0.25, 0.3) is 0 Å². The number of rotatable bonds is 2. The molecule has 1 aromatic rings. The van der Waals surface area contributed by atoms with Gasteiger partial charge in [-0.25, -0.2) is 0 Å². The van der Waals surface area contributed by atoms with E-state index < -0.39 is 0 Å². The minimum absolute atomic E-state index is 0.0797. The average molecular weight is 298 g/mol. The smallest absolute Gasteiger partial charge is 0.237 e. The van der Waals surface area contributed by atoms with Crippen LogP contribution in [0.2, 0.25) is 0 Å². The quantitative estimate of drug-likeness (QED) is 0.810. The molecule has 1 aliphatic heterocycles. The third-order valence-corrected chi connectivity index (χ3v) is 3.45. The fourth-order valence-corrected chi connectivity index (χ4v) is 2.61. The number of nitrogens with zero attached hydrogens (tertiary/aromatic N) is 1. The molecule has 0 spiro atoms. The van der Waals surface area contributed by atoms with Crippen LogP contribution in [0, 0.1) is 0 Å². The van der Waals surface area contributed by atoms with Crippen molar-refractivity contribution < 1.29 is 4.79 Å². The van der Waals surface area contributed by atoms with E-state index in [0.717, 1.165) is 28.8 Å². The van der Waals surface area contributed by atoms with Gasteiger partial charge in [0, 0.05) is 29.8 Å². The highest BCUT2D eigenvalue weighted by Gasteiger charge is 2.25. The Kier molecular flexibility index (Phi) is 3.69. The molecule has 1 amide bonds. The standard InChI is InChI=1S/C12H16BrN3O/c1-8-12(17)15-2-3-16(8)7-9-4-10(13)6-11(14)5-9/h4-6,8H,2-3,7,14H2,1H3,(H,15,17). The van der Waals surface area contributed by atoms with Gasteiger partial charge in [0.2, 0.25) is 5.91 Å². The first-order valence-corrected chi connectivity index (χ1v) is 6.42. The Labute approximate surface area is 109 Å². The van der Waals surface area contributed by atoms with Gasteiger partial charge < -0.3 is 11.1 Å². The number of piperazine rings is 1. The summed E-state index contributed by atoms with van der Waals surface area (Å²) in [5, 5.41) is 2.86. The van der Waals surface area contributed by atoms with Gasteiger partial charge in [-0.1, -0.05) is 15.9 Å². The molecular formula is C12H16BrN3O. The molecule has 0 bridgehead atoms. The SMILES string of the molecule is CC1C(=O)NCCN1Cc1cc(N)cc(Br)c1. The highest BCUT2D eigenvalue weighted by molar-refractivity contribution is 9.10. The molecule has 1 fully saturated rings. The van der Waals surface area contributed by atoms with Crippen LogP contribution in [0.3, 0.4) is 0 Å². The Balaban J connectivity index is 2.11. The molecule has 0 saturated carbocycles. The molecule has 1 heterocycles. The van der Waals surface area contributed by atoms with E-state index in [9.17, 15) is 4.79 Å². The zero-order chi connectivity index (χ0) is 12.4. The molecule has 5 heteroatoms. The highest BCUT2D eigenvalue weighted by Crippen LogP contribution is 2.19. The first kappa shape index (κ1) is 12.4. The molecule has 3 N–H and O–H groups in total. The minimum atomic E-state index is -0.0797. The lowest BCUT2D eigenvalue weighted by atomic mass is 10.1. The van der Waals surface area contributed by atoms with Crippen molar-refractivity contribution in [1.29, 1.82) is 0 Å². The zero-order valence-electron chi connectivity index (χ0n) is 9.74. The van der Waals surface area contributed by atoms with Crippen LogP contribution in [0.25, 0.3) is 0 Å². The molecule has 17 heavy (non-hydrogen) atoms. The van der Waals surface area contributed by atoms with Gasteiger partial charge in [0.1, 0.15) is 0 Å². The monoisotopic (exact) mass is 297 g/mol. The van der Waals surface area contributed by atoms with E-state index in [0.29, 0.717) is 6.54 Å². The summed E-state index contributed by atoms with van der Waals surface area (Å²) in [4.78, 5) is 13.7. The average Bonchev–Trinajstić information content (AvgIpc) is 2.23. The number of amides is 1. The van der Waals surface area contributed by atoms with Crippen molar-refractivity contribution in [3.63, 3.8) is 0 Å². The van der Waals surface area contributed by atoms with E-state index in [2.05, 4.69) is 26.1 Å². The van der Waals surface area contributed by atoms with Crippen LogP contribution in [-0.2, 0) is 11.3 Å². The number of halogens is 1. The Morgan fingerprint density at radius 3 is 3.00 bits per heavy atom. The predicted molar refractivity (Wildman–Crippen MR) is 71.4 cm³/mol. The number of hydrogen-bond acceptors (Lipinski definition) is 3. The van der Waals surface area contributed by atoms with Crippen molar-refractivity contribution in [3.8, 4) is 0 Å². The van der Waals surface area contributed by atoms with E-state index in [-0.39, 0.29) is 11.9 Å². The molecule has 2 rings (SSSR count). The lowest BCUT2D eigenvalue weighted by molar-refractivity contribution is -0.128. The van der Waals surface area contributed by atoms with E-state index in [1.807, 2.05) is 25.1 Å². The van der Waals surface area contributed by atoms with Crippen molar-refractivity contribution >= 4 is 27.5 Å². The molecule has 1 atom stereocenters. The van der Waals surface area contributed by atoms with Crippen molar-refractivity contribution in [2.45, 2.75) is 19.5 Å². The largest absolute Gasteiger partial charge is 0.399 e. The molecule has 1 aromatic carbocycles. The first-order chi connectivity index (χ1) is 8.06. The van der Waals surface area contributed by atoms with E-state index >= 15 is 0 Å². The number of carbonyl (C=O) groups is 1. The molecule has 0 radical (unpaired) electrons. The summed E-state index contributed by atoms with van der Waals surface area (Å²) >= 11 is 3.43. The molecule has 1 saturated heterocycles. The fraction of sp³-hybridized carbons (Fsp3) is 0.417. The highest BCUT2D eigenvalue weighted by atomic mass is 79.9. The maximum absolute atomic E-state index is 11.5. The summed E-state index contributed by atoms with van der Waals surface area (Å²) in [5.41, 5.74) is 7.66. The Hall–Kier alpha value is -1.07. The van der Waals surface area contributed by atoms with Gasteiger partial charge in [0.15, 0.2) is 0 Å². The van der Waals surface area contributed by atoms with Crippen molar-refractivity contribution in [1.82, 2.24) is 10.2 Å².